The van der Waals surface area contributed by atoms with Crippen molar-refractivity contribution in [1.82, 2.24) is 4.98 Å². The Bertz CT molecular complexity index is 2580. The summed E-state index contributed by atoms with van der Waals surface area (Å²) in [6.45, 7) is 5.90. The molecule has 8 nitrogen and oxygen atoms in total. The van der Waals surface area contributed by atoms with E-state index in [0.29, 0.717) is 36.8 Å². The Labute approximate surface area is 314 Å². The normalized spacial score (nSPS) is 17.0. The molecule has 0 amide bonds. The average Bonchev–Trinajstić information content (AvgIpc) is 3.36. The molecule has 54 heavy (non-hydrogen) atoms. The Morgan fingerprint density at radius 3 is 2.39 bits per heavy atom. The van der Waals surface area contributed by atoms with Gasteiger partial charge in [-0.05, 0) is 107 Å². The summed E-state index contributed by atoms with van der Waals surface area (Å²) in [5, 5.41) is 19.6. The van der Waals surface area contributed by atoms with E-state index in [1.807, 2.05) is 42.5 Å². The Kier molecular flexibility index (Phi) is 8.23. The van der Waals surface area contributed by atoms with Gasteiger partial charge in [0, 0.05) is 23.9 Å². The number of pyridine rings is 1. The van der Waals surface area contributed by atoms with Crippen LogP contribution in [0.4, 0.5) is 11.4 Å². The molecule has 7 aromatic rings. The third kappa shape index (κ3) is 5.43. The second-order valence-corrected chi connectivity index (χ2v) is 14.9. The molecule has 1 atom stereocenters. The van der Waals surface area contributed by atoms with Gasteiger partial charge in [0.15, 0.2) is 11.5 Å². The van der Waals surface area contributed by atoms with Gasteiger partial charge >= 0.3 is 0 Å². The van der Waals surface area contributed by atoms with Gasteiger partial charge in [-0.25, -0.2) is 0 Å². The standard InChI is InChI=1S/C46H41N3O5/c1-45(2)39-15-4-5-16-40(39)48(46(45)24-23-34-26-37(49(50)51)27-41(52-3)44(34)54-46)28-35-13-9-14-36(47-35)29-53-25-7-6-10-30-17-18-33-20-19-31-11-8-12-32-21-22-38(30)43(33)42(31)32/h4-5,8-9,11-24,26-27H,6-7,10,25,28-29H2,1-3H3. The number of aromatic nitrogens is 1. The minimum atomic E-state index is -0.948. The summed E-state index contributed by atoms with van der Waals surface area (Å²) in [6, 6.07) is 37.5. The van der Waals surface area contributed by atoms with Crippen molar-refractivity contribution >= 4 is 49.8 Å². The smallest absolute Gasteiger partial charge is 0.274 e. The van der Waals surface area contributed by atoms with E-state index in [1.165, 1.54) is 57.1 Å². The van der Waals surface area contributed by atoms with E-state index in [1.54, 1.807) is 0 Å². The molecular weight excluding hydrogens is 675 g/mol. The number of methoxy groups -OCH3 is 1. The van der Waals surface area contributed by atoms with Crippen molar-refractivity contribution in [2.45, 2.75) is 57.4 Å². The number of non-ortho nitro benzene ring substituents is 1. The van der Waals surface area contributed by atoms with Gasteiger partial charge in [0.1, 0.15) is 0 Å². The van der Waals surface area contributed by atoms with E-state index in [4.69, 9.17) is 19.2 Å². The second-order valence-electron chi connectivity index (χ2n) is 14.9. The van der Waals surface area contributed by atoms with Crippen molar-refractivity contribution in [2.75, 3.05) is 18.6 Å². The number of hydrogen-bond acceptors (Lipinski definition) is 7. The number of aryl methyl sites for hydroxylation is 1. The lowest BCUT2D eigenvalue weighted by molar-refractivity contribution is -0.385. The van der Waals surface area contributed by atoms with Gasteiger partial charge in [-0.2, -0.15) is 0 Å². The fourth-order valence-corrected chi connectivity index (χ4v) is 8.69. The molecule has 9 rings (SSSR count). The molecule has 2 aliphatic heterocycles. The predicted octanol–water partition coefficient (Wildman–Crippen LogP) is 10.5. The minimum absolute atomic E-state index is 0.0485. The highest BCUT2D eigenvalue weighted by molar-refractivity contribution is 6.23. The fourth-order valence-electron chi connectivity index (χ4n) is 8.69. The molecule has 270 valence electrons. The lowest BCUT2D eigenvalue weighted by Crippen LogP contribution is -2.59. The van der Waals surface area contributed by atoms with Gasteiger partial charge in [-0.3, -0.25) is 15.1 Å². The van der Waals surface area contributed by atoms with E-state index in [2.05, 4.69) is 85.5 Å². The zero-order valence-corrected chi connectivity index (χ0v) is 30.7. The SMILES string of the molecule is COc1cc([N+](=O)[O-])cc2c1OC1(C=C2)N(Cc2cccc(COCCCCc3ccc4ccc5cccc6ccc3c4c56)n2)c2ccccc2C1(C)C. The van der Waals surface area contributed by atoms with E-state index in [9.17, 15) is 10.1 Å². The quantitative estimate of drug-likeness (QED) is 0.0570. The summed E-state index contributed by atoms with van der Waals surface area (Å²) >= 11 is 0. The Balaban J connectivity index is 0.890. The summed E-state index contributed by atoms with van der Waals surface area (Å²) in [4.78, 5) is 18.5. The largest absolute Gasteiger partial charge is 0.493 e. The second kappa shape index (κ2) is 13.1. The summed E-state index contributed by atoms with van der Waals surface area (Å²) in [5.74, 6) is 0.800. The molecule has 0 fully saturated rings. The van der Waals surface area contributed by atoms with Crippen LogP contribution in [0.3, 0.4) is 0 Å². The van der Waals surface area contributed by atoms with Crippen LogP contribution in [0.25, 0.3) is 38.4 Å². The number of para-hydroxylation sites is 1. The van der Waals surface area contributed by atoms with Gasteiger partial charge in [-0.1, -0.05) is 78.9 Å². The molecule has 1 unspecified atom stereocenters. The van der Waals surface area contributed by atoms with Gasteiger partial charge in [0.05, 0.1) is 48.1 Å². The number of benzene rings is 6. The first kappa shape index (κ1) is 33.8. The maximum absolute atomic E-state index is 11.7. The van der Waals surface area contributed by atoms with E-state index in [-0.39, 0.29) is 5.69 Å². The van der Waals surface area contributed by atoms with Crippen LogP contribution in [0, 0.1) is 10.1 Å². The summed E-state index contributed by atoms with van der Waals surface area (Å²) < 4.78 is 18.8. The molecule has 3 heterocycles. The summed E-state index contributed by atoms with van der Waals surface area (Å²) in [7, 11) is 1.51. The van der Waals surface area contributed by atoms with Crippen molar-refractivity contribution in [3.05, 3.63) is 153 Å². The van der Waals surface area contributed by atoms with Crippen LogP contribution in [-0.4, -0.2) is 29.3 Å². The number of unbranched alkanes of at least 4 members (excludes halogenated alkanes) is 1. The van der Waals surface area contributed by atoms with Crippen LogP contribution >= 0.6 is 0 Å². The lowest BCUT2D eigenvalue weighted by Gasteiger charge is -2.47. The molecule has 0 saturated heterocycles. The highest BCUT2D eigenvalue weighted by Gasteiger charge is 2.59. The third-order valence-electron chi connectivity index (χ3n) is 11.4. The topological polar surface area (TPSA) is 87.0 Å². The number of nitrogens with zero attached hydrogens (tertiary/aromatic N) is 3. The van der Waals surface area contributed by atoms with Crippen molar-refractivity contribution in [2.24, 2.45) is 0 Å². The number of nitro benzene ring substituents is 1. The number of ether oxygens (including phenoxy) is 3. The van der Waals surface area contributed by atoms with Gasteiger partial charge < -0.3 is 19.1 Å². The first-order chi connectivity index (χ1) is 26.3. The van der Waals surface area contributed by atoms with E-state index in [0.717, 1.165) is 41.9 Å². The molecular formula is C46H41N3O5. The van der Waals surface area contributed by atoms with Gasteiger partial charge in [0.2, 0.25) is 5.72 Å². The molecule has 2 aliphatic rings. The number of rotatable bonds is 11. The third-order valence-corrected chi connectivity index (χ3v) is 11.4. The first-order valence-corrected chi connectivity index (χ1v) is 18.6. The molecule has 0 bridgehead atoms. The van der Waals surface area contributed by atoms with Crippen molar-refractivity contribution < 1.29 is 19.1 Å². The van der Waals surface area contributed by atoms with Crippen LogP contribution in [0.1, 0.15) is 54.8 Å². The van der Waals surface area contributed by atoms with Crippen LogP contribution in [0.5, 0.6) is 11.5 Å². The lowest BCUT2D eigenvalue weighted by atomic mass is 9.76. The molecule has 0 aliphatic carbocycles. The van der Waals surface area contributed by atoms with Crippen LogP contribution in [0.15, 0.2) is 115 Å². The number of anilines is 1. The van der Waals surface area contributed by atoms with Crippen LogP contribution in [-0.2, 0) is 29.7 Å². The number of hydrogen-bond donors (Lipinski definition) is 0. The molecule has 1 spiro atoms. The first-order valence-electron chi connectivity index (χ1n) is 18.6. The van der Waals surface area contributed by atoms with Crippen LogP contribution < -0.4 is 14.4 Å². The number of fused-ring (bicyclic) bond motifs is 2. The minimum Gasteiger partial charge on any atom is -0.493 e. The fraction of sp³-hybridized carbons (Fsp3) is 0.239. The van der Waals surface area contributed by atoms with Gasteiger partial charge in [0.25, 0.3) is 5.69 Å². The predicted molar refractivity (Wildman–Crippen MR) is 215 cm³/mol. The number of nitro groups is 1. The Morgan fingerprint density at radius 2 is 1.57 bits per heavy atom. The summed E-state index contributed by atoms with van der Waals surface area (Å²) in [5.41, 5.74) is 4.44. The van der Waals surface area contributed by atoms with Gasteiger partial charge in [-0.15, -0.1) is 0 Å². The maximum atomic E-state index is 11.7. The molecule has 6 aromatic carbocycles. The van der Waals surface area contributed by atoms with Crippen LogP contribution in [0.2, 0.25) is 0 Å². The molecule has 0 N–H and O–H groups in total. The molecule has 1 aromatic heterocycles. The molecule has 8 heteroatoms. The monoisotopic (exact) mass is 715 g/mol. The Hall–Kier alpha value is -5.99. The van der Waals surface area contributed by atoms with Crippen molar-refractivity contribution in [3.8, 4) is 11.5 Å². The molecule has 0 radical (unpaired) electrons. The highest BCUT2D eigenvalue weighted by Crippen LogP contribution is 2.56. The Morgan fingerprint density at radius 1 is 0.833 bits per heavy atom. The van der Waals surface area contributed by atoms with E-state index >= 15 is 0 Å². The zero-order valence-electron chi connectivity index (χ0n) is 30.7. The zero-order chi connectivity index (χ0) is 37.0. The maximum Gasteiger partial charge on any atom is 0.274 e. The summed E-state index contributed by atoms with van der Waals surface area (Å²) in [6.07, 6.45) is 6.94. The highest BCUT2D eigenvalue weighted by atomic mass is 16.6. The molecule has 0 saturated carbocycles. The average molecular weight is 716 g/mol. The van der Waals surface area contributed by atoms with E-state index < -0.39 is 16.1 Å². The van der Waals surface area contributed by atoms with Crippen molar-refractivity contribution in [3.63, 3.8) is 0 Å². The van der Waals surface area contributed by atoms with Crippen molar-refractivity contribution in [1.29, 1.82) is 0 Å².